The quantitative estimate of drug-likeness (QED) is 0.0479. The number of nitrogens with one attached hydrogen (secondary N) is 5. The highest BCUT2D eigenvalue weighted by atomic mass is 16.7. The Kier molecular flexibility index (Phi) is 23.0. The molecule has 4 saturated heterocycles. The lowest BCUT2D eigenvalue weighted by Gasteiger charge is -2.49. The van der Waals surface area contributed by atoms with E-state index < -0.39 is 216 Å². The smallest absolute Gasteiger partial charge is 0.217 e. The van der Waals surface area contributed by atoms with Gasteiger partial charge in [-0.2, -0.15) is 0 Å². The molecule has 31 nitrogen and oxygen atoms in total. The number of amides is 5. The van der Waals surface area contributed by atoms with Gasteiger partial charge in [0, 0.05) is 34.6 Å². The van der Waals surface area contributed by atoms with Crippen LogP contribution in [-0.4, -0.2) is 282 Å². The fraction of sp³-hybridized carbons (Fsp3) is 0.875. The predicted octanol–water partition coefficient (Wildman–Crippen LogP) is -11.6. The normalized spacial score (nSPS) is 39.2. The molecule has 71 heavy (non-hydrogen) atoms. The van der Waals surface area contributed by atoms with Gasteiger partial charge in [0.1, 0.15) is 116 Å². The minimum atomic E-state index is -2.26. The van der Waals surface area contributed by atoms with E-state index >= 15 is 0 Å². The van der Waals surface area contributed by atoms with Crippen molar-refractivity contribution in [1.29, 1.82) is 0 Å². The highest BCUT2D eigenvalue weighted by molar-refractivity contribution is 5.75. The lowest BCUT2D eigenvalue weighted by Crippen LogP contribution is -2.70. The van der Waals surface area contributed by atoms with E-state index in [2.05, 4.69) is 26.6 Å². The number of hydrogen-bond donors (Lipinski definition) is 18. The molecule has 31 heteroatoms. The second-order valence-electron chi connectivity index (χ2n) is 17.4. The Morgan fingerprint density at radius 3 is 1.18 bits per heavy atom. The molecule has 0 saturated carbocycles. The summed E-state index contributed by atoms with van der Waals surface area (Å²) in [5, 5.41) is 152. The second kappa shape index (κ2) is 27.2. The van der Waals surface area contributed by atoms with E-state index in [1.807, 2.05) is 0 Å². The summed E-state index contributed by atoms with van der Waals surface area (Å²) in [4.78, 5) is 61.3. The Labute approximate surface area is 405 Å². The van der Waals surface area contributed by atoms with Crippen molar-refractivity contribution < 1.29 is 128 Å². The van der Waals surface area contributed by atoms with Crippen molar-refractivity contribution in [3.05, 3.63) is 0 Å². The average Bonchev–Trinajstić information content (AvgIpc) is 3.31. The fourth-order valence-electron chi connectivity index (χ4n) is 8.56. The van der Waals surface area contributed by atoms with Crippen molar-refractivity contribution in [2.75, 3.05) is 39.6 Å². The van der Waals surface area contributed by atoms with E-state index in [-0.39, 0.29) is 0 Å². The molecular weight excluding hydrogens is 966 g/mol. The minimum absolute atomic E-state index is 0.711. The van der Waals surface area contributed by atoms with Gasteiger partial charge in [0.2, 0.25) is 29.5 Å². The third-order valence-corrected chi connectivity index (χ3v) is 12.0. The zero-order valence-corrected chi connectivity index (χ0v) is 39.2. The molecule has 0 aromatic heterocycles. The van der Waals surface area contributed by atoms with Crippen molar-refractivity contribution in [1.82, 2.24) is 26.6 Å². The van der Waals surface area contributed by atoms with E-state index in [1.54, 1.807) is 0 Å². The van der Waals surface area contributed by atoms with Gasteiger partial charge in [-0.3, -0.25) is 24.0 Å². The number of carbonyl (C=O) groups is 5. The molecule has 410 valence electrons. The zero-order valence-electron chi connectivity index (χ0n) is 39.2. The van der Waals surface area contributed by atoms with Gasteiger partial charge in [-0.1, -0.05) is 0 Å². The Morgan fingerprint density at radius 2 is 0.831 bits per heavy atom. The van der Waals surface area contributed by atoms with Gasteiger partial charge in [-0.15, -0.1) is 0 Å². The summed E-state index contributed by atoms with van der Waals surface area (Å²) in [6.07, 6.45) is -34.2. The van der Waals surface area contributed by atoms with Crippen LogP contribution in [0, 0.1) is 0 Å². The molecule has 0 spiro atoms. The van der Waals surface area contributed by atoms with Crippen LogP contribution in [0.4, 0.5) is 0 Å². The maximum atomic E-state index is 12.6. The number of rotatable bonds is 22. The van der Waals surface area contributed by atoms with Crippen LogP contribution < -0.4 is 26.6 Å². The summed E-state index contributed by atoms with van der Waals surface area (Å²) in [6.45, 7) is -0.418. The zero-order chi connectivity index (χ0) is 53.2. The van der Waals surface area contributed by atoms with Gasteiger partial charge >= 0.3 is 0 Å². The van der Waals surface area contributed by atoms with Gasteiger partial charge in [-0.25, -0.2) is 0 Å². The first kappa shape index (κ1) is 60.1. The molecule has 0 aromatic carbocycles. The van der Waals surface area contributed by atoms with Crippen LogP contribution in [0.1, 0.15) is 34.6 Å². The van der Waals surface area contributed by atoms with Gasteiger partial charge in [0.05, 0.1) is 45.7 Å². The van der Waals surface area contributed by atoms with Gasteiger partial charge in [0.25, 0.3) is 0 Å². The lowest BCUT2D eigenvalue weighted by atomic mass is 9.94. The van der Waals surface area contributed by atoms with Crippen molar-refractivity contribution in [3.8, 4) is 0 Å². The van der Waals surface area contributed by atoms with Crippen molar-refractivity contribution in [2.45, 2.75) is 182 Å². The molecule has 5 amide bonds. The van der Waals surface area contributed by atoms with Crippen LogP contribution in [0.15, 0.2) is 0 Å². The number of hydrogen-bond acceptors (Lipinski definition) is 26. The summed E-state index contributed by atoms with van der Waals surface area (Å²) in [7, 11) is 0. The van der Waals surface area contributed by atoms with Crippen molar-refractivity contribution >= 4 is 29.5 Å². The maximum absolute atomic E-state index is 12.6. The number of carbonyl (C=O) groups excluding carboxylic acids is 5. The molecule has 18 N–H and O–H groups in total. The summed E-state index contributed by atoms with van der Waals surface area (Å²) >= 11 is 0. The predicted molar refractivity (Wildman–Crippen MR) is 227 cm³/mol. The van der Waals surface area contributed by atoms with Gasteiger partial charge in [-0.05, 0) is 0 Å². The molecule has 4 heterocycles. The van der Waals surface area contributed by atoms with E-state index in [9.17, 15) is 90.4 Å². The molecule has 4 aliphatic heterocycles. The van der Waals surface area contributed by atoms with E-state index in [0.717, 1.165) is 34.6 Å². The number of aliphatic hydroxyl groups excluding tert-OH is 13. The van der Waals surface area contributed by atoms with Crippen LogP contribution in [0.5, 0.6) is 0 Å². The largest absolute Gasteiger partial charge is 0.394 e. The van der Waals surface area contributed by atoms with E-state index in [4.69, 9.17) is 37.9 Å². The number of aliphatic hydroxyl groups is 13. The highest BCUT2D eigenvalue weighted by Crippen LogP contribution is 2.33. The molecule has 24 atom stereocenters. The maximum Gasteiger partial charge on any atom is 0.217 e. The SMILES string of the molecule is CC(=O)N[C@@H](CO)[C@@H](OC1O[C@H](CO)[C@@H](OC2O[C@H](CO)[C@H](O)[C@H](O)[C@H]2NC(C)=O)[C@H](O)[C@H]1NC(C)=O)[C@@H](O)[C@H](O)COC1O[C@H](CO)[C@@H](OC2O[C@H](CO)[C@H](O)[C@H](O)[C@H]2NC(C)=O)[C@H](O)[C@H]1NC(C)=O. The summed E-state index contributed by atoms with van der Waals surface area (Å²) < 4.78 is 46.5. The lowest BCUT2D eigenvalue weighted by molar-refractivity contribution is -0.341. The third kappa shape index (κ3) is 15.1. The van der Waals surface area contributed by atoms with Gasteiger partial charge in [0.15, 0.2) is 25.2 Å². The molecule has 0 radical (unpaired) electrons. The molecule has 0 aromatic rings. The van der Waals surface area contributed by atoms with Crippen molar-refractivity contribution in [2.24, 2.45) is 0 Å². The molecule has 4 fully saturated rings. The summed E-state index contributed by atoms with van der Waals surface area (Å²) in [5.74, 6) is -3.85. The van der Waals surface area contributed by atoms with Crippen LogP contribution in [0.2, 0.25) is 0 Å². The first-order chi connectivity index (χ1) is 33.4. The average molecular weight is 1040 g/mol. The van der Waals surface area contributed by atoms with E-state index in [0.29, 0.717) is 0 Å². The highest BCUT2D eigenvalue weighted by Gasteiger charge is 2.55. The van der Waals surface area contributed by atoms with Crippen molar-refractivity contribution in [3.63, 3.8) is 0 Å². The number of ether oxygens (including phenoxy) is 8. The molecule has 4 aliphatic rings. The van der Waals surface area contributed by atoms with Crippen LogP contribution >= 0.6 is 0 Å². The first-order valence-electron chi connectivity index (χ1n) is 22.5. The van der Waals surface area contributed by atoms with Crippen LogP contribution in [0.3, 0.4) is 0 Å². The monoisotopic (exact) mass is 1040 g/mol. The summed E-state index contributed by atoms with van der Waals surface area (Å²) in [6, 6.07) is -8.07. The fourth-order valence-corrected chi connectivity index (χ4v) is 8.56. The molecular formula is C40H69N5O26. The third-order valence-electron chi connectivity index (χ3n) is 12.0. The minimum Gasteiger partial charge on any atom is -0.394 e. The first-order valence-corrected chi connectivity index (χ1v) is 22.5. The summed E-state index contributed by atoms with van der Waals surface area (Å²) in [5.41, 5.74) is 0. The molecule has 4 rings (SSSR count). The standard InChI is InChI=1S/C40H69N5O26/c1-12(51)41-17(6-46)34(69-40-26(45-16(5)55)33(63)36(22(10-50)68-40)71-39-24(43-14(3)53)31(61)29(59)20(8-48)66-39)27(57)18(56)11-64-37-25(44-15(4)54)32(62)35(21(9-49)67-37)70-38-23(42-13(2)52)30(60)28(58)19(7-47)65-38/h17-40,46-50,56-63H,6-11H2,1-5H3,(H,41,51)(H,42,52)(H,43,53)(H,44,54)(H,45,55)/t17-,18+,19+,20+,21+,22+,23+,24+,25+,26+,27-,28-,29-,30+,31+,32+,33+,34+,35+,36+,37?,38?,39?,40?/m0/s1. The molecule has 0 aliphatic carbocycles. The second-order valence-corrected chi connectivity index (χ2v) is 17.4. The Bertz CT molecular complexity index is 1740. The van der Waals surface area contributed by atoms with Crippen LogP contribution in [0.25, 0.3) is 0 Å². The van der Waals surface area contributed by atoms with E-state index in [1.165, 1.54) is 0 Å². The Morgan fingerprint density at radius 1 is 0.479 bits per heavy atom. The topological polar surface area (TPSA) is 482 Å². The van der Waals surface area contributed by atoms with Gasteiger partial charge < -0.3 is 131 Å². The Balaban J connectivity index is 1.60. The molecule has 4 unspecified atom stereocenters. The van der Waals surface area contributed by atoms with Crippen LogP contribution in [-0.2, 0) is 61.9 Å². The Hall–Kier alpha value is -3.49. The molecule has 0 bridgehead atoms.